The maximum atomic E-state index is 12.0. The molecule has 0 fully saturated rings. The highest BCUT2D eigenvalue weighted by molar-refractivity contribution is 5.67. The Morgan fingerprint density at radius 2 is 0.338 bits per heavy atom. The molecule has 0 spiro atoms. The lowest BCUT2D eigenvalue weighted by Crippen LogP contribution is -2.26. The van der Waals surface area contributed by atoms with Crippen molar-refractivity contribution in [1.82, 2.24) is 10.6 Å². The summed E-state index contributed by atoms with van der Waals surface area (Å²) < 4.78 is 10.8. The normalized spacial score (nSPS) is 11.4. The molecule has 2 N–H and O–H groups in total. The first-order valence-corrected chi connectivity index (χ1v) is 34.5. The number of hydrogen-bond acceptors (Lipinski definition) is 4. The van der Waals surface area contributed by atoms with Crippen LogP contribution in [0.2, 0.25) is 0 Å². The van der Waals surface area contributed by atoms with Crippen molar-refractivity contribution in [3.63, 3.8) is 0 Å². The zero-order valence-corrected chi connectivity index (χ0v) is 50.9. The average molecular weight is 1050 g/mol. The summed E-state index contributed by atoms with van der Waals surface area (Å²) in [7, 11) is 0. The first-order chi connectivity index (χ1) is 36.7. The molecule has 442 valence electrons. The van der Waals surface area contributed by atoms with Crippen molar-refractivity contribution in [2.75, 3.05) is 26.3 Å². The van der Waals surface area contributed by atoms with Gasteiger partial charge in [-0.05, 0) is 25.7 Å². The molecule has 0 bridgehead atoms. The largest absolute Gasteiger partial charge is 0.450 e. The zero-order valence-electron chi connectivity index (χ0n) is 50.9. The van der Waals surface area contributed by atoms with E-state index in [1.807, 2.05) is 0 Å². The number of ether oxygens (including phenoxy) is 2. The predicted molar refractivity (Wildman–Crippen MR) is 327 cm³/mol. The minimum absolute atomic E-state index is 0.286. The number of rotatable bonds is 65. The van der Waals surface area contributed by atoms with E-state index in [0.29, 0.717) is 26.3 Å². The van der Waals surface area contributed by atoms with E-state index in [1.54, 1.807) is 0 Å². The Balaban J connectivity index is 3.21. The molecule has 2 amide bonds. The van der Waals surface area contributed by atoms with Crippen LogP contribution in [0.25, 0.3) is 0 Å². The molecule has 0 radical (unpaired) electrons. The molecule has 0 aromatic carbocycles. The second kappa shape index (κ2) is 67.6. The van der Waals surface area contributed by atoms with Crippen LogP contribution >= 0.6 is 0 Å². The van der Waals surface area contributed by atoms with Crippen LogP contribution in [0, 0.1) is 0 Å². The molecule has 0 rings (SSSR count). The zero-order chi connectivity index (χ0) is 53.2. The Kier molecular flexibility index (Phi) is 66.3. The van der Waals surface area contributed by atoms with E-state index in [4.69, 9.17) is 9.47 Å². The van der Waals surface area contributed by atoms with Gasteiger partial charge in [0.2, 0.25) is 0 Å². The van der Waals surface area contributed by atoms with Gasteiger partial charge in [-0.3, -0.25) is 0 Å². The standard InChI is InChI=1S/C68H136N2O4/c1-3-5-7-9-11-13-15-17-19-21-23-25-27-29-31-33-35-37-39-41-43-45-47-49-51-53-57-61-65-73-67(71)69-63-59-55-56-60-64-70-68(72)74-66-62-58-54-52-50-48-46-44-42-40-38-36-34-32-30-28-26-24-22-20-18-16-14-12-10-8-6-4-2/h3-66H2,1-2H3,(H,69,71)(H,70,72). The van der Waals surface area contributed by atoms with Gasteiger partial charge in [-0.25, -0.2) is 9.59 Å². The van der Waals surface area contributed by atoms with Crippen LogP contribution in [-0.2, 0) is 9.47 Å². The molecule has 0 atom stereocenters. The van der Waals surface area contributed by atoms with Crippen molar-refractivity contribution in [2.24, 2.45) is 0 Å². The first kappa shape index (κ1) is 72.5. The van der Waals surface area contributed by atoms with E-state index in [1.165, 1.54) is 334 Å². The quantitative estimate of drug-likeness (QED) is 0.0595. The molecule has 0 saturated carbocycles. The second-order valence-electron chi connectivity index (χ2n) is 23.6. The van der Waals surface area contributed by atoms with Gasteiger partial charge >= 0.3 is 12.2 Å². The van der Waals surface area contributed by atoms with E-state index >= 15 is 0 Å². The molecule has 74 heavy (non-hydrogen) atoms. The highest BCUT2D eigenvalue weighted by Crippen LogP contribution is 2.19. The molecular formula is C68H136N2O4. The van der Waals surface area contributed by atoms with E-state index in [0.717, 1.165) is 51.4 Å². The van der Waals surface area contributed by atoms with Crippen molar-refractivity contribution in [1.29, 1.82) is 0 Å². The topological polar surface area (TPSA) is 76.7 Å². The highest BCUT2D eigenvalue weighted by Gasteiger charge is 2.04. The van der Waals surface area contributed by atoms with Gasteiger partial charge in [0.15, 0.2) is 0 Å². The lowest BCUT2D eigenvalue weighted by Gasteiger charge is -2.08. The van der Waals surface area contributed by atoms with Crippen molar-refractivity contribution < 1.29 is 19.1 Å². The van der Waals surface area contributed by atoms with Crippen molar-refractivity contribution in [2.45, 2.75) is 399 Å². The van der Waals surface area contributed by atoms with Gasteiger partial charge in [-0.2, -0.15) is 0 Å². The molecule has 0 saturated heterocycles. The van der Waals surface area contributed by atoms with Gasteiger partial charge in [-0.1, -0.05) is 373 Å². The van der Waals surface area contributed by atoms with Crippen LogP contribution in [0.4, 0.5) is 9.59 Å². The van der Waals surface area contributed by atoms with Gasteiger partial charge in [0, 0.05) is 13.1 Å². The van der Waals surface area contributed by atoms with Crippen molar-refractivity contribution >= 4 is 12.2 Å². The van der Waals surface area contributed by atoms with E-state index < -0.39 is 0 Å². The number of hydrogen-bond donors (Lipinski definition) is 2. The fraction of sp³-hybridized carbons (Fsp3) is 0.971. The first-order valence-electron chi connectivity index (χ1n) is 34.5. The van der Waals surface area contributed by atoms with Gasteiger partial charge in [0.1, 0.15) is 0 Å². The molecule has 0 aromatic heterocycles. The monoisotopic (exact) mass is 1050 g/mol. The lowest BCUT2D eigenvalue weighted by molar-refractivity contribution is 0.142. The summed E-state index contributed by atoms with van der Waals surface area (Å²) in [4.78, 5) is 24.0. The Morgan fingerprint density at radius 1 is 0.203 bits per heavy atom. The van der Waals surface area contributed by atoms with Crippen LogP contribution in [0.1, 0.15) is 399 Å². The molecule has 6 heteroatoms. The van der Waals surface area contributed by atoms with Gasteiger partial charge in [0.25, 0.3) is 0 Å². The molecule has 0 aliphatic rings. The third-order valence-electron chi connectivity index (χ3n) is 16.1. The van der Waals surface area contributed by atoms with Crippen LogP contribution in [0.3, 0.4) is 0 Å². The van der Waals surface area contributed by atoms with Gasteiger partial charge < -0.3 is 20.1 Å². The fourth-order valence-electron chi connectivity index (χ4n) is 11.0. The van der Waals surface area contributed by atoms with Crippen LogP contribution in [-0.4, -0.2) is 38.5 Å². The molecule has 0 heterocycles. The highest BCUT2D eigenvalue weighted by atomic mass is 16.6. The Morgan fingerprint density at radius 3 is 0.500 bits per heavy atom. The summed E-state index contributed by atoms with van der Waals surface area (Å²) in [6, 6.07) is 0. The summed E-state index contributed by atoms with van der Waals surface area (Å²) in [6.45, 7) is 6.94. The van der Waals surface area contributed by atoms with Crippen molar-refractivity contribution in [3.05, 3.63) is 0 Å². The summed E-state index contributed by atoms with van der Waals surface area (Å²) in [5.74, 6) is 0. The minimum Gasteiger partial charge on any atom is -0.450 e. The molecule has 0 aliphatic heterocycles. The third-order valence-corrected chi connectivity index (χ3v) is 16.1. The van der Waals surface area contributed by atoms with Crippen LogP contribution in [0.15, 0.2) is 0 Å². The molecule has 6 nitrogen and oxygen atoms in total. The molecule has 0 unspecified atom stereocenters. The number of amides is 2. The Hall–Kier alpha value is -1.46. The van der Waals surface area contributed by atoms with Gasteiger partial charge in [-0.15, -0.1) is 0 Å². The third kappa shape index (κ3) is 66.7. The van der Waals surface area contributed by atoms with Gasteiger partial charge in [0.05, 0.1) is 13.2 Å². The van der Waals surface area contributed by atoms with Crippen LogP contribution < -0.4 is 10.6 Å². The predicted octanol–water partition coefficient (Wildman–Crippen LogP) is 23.9. The summed E-state index contributed by atoms with van der Waals surface area (Å²) in [5, 5.41) is 5.78. The number of alkyl carbamates (subject to hydrolysis) is 2. The van der Waals surface area contributed by atoms with Crippen molar-refractivity contribution in [3.8, 4) is 0 Å². The fourth-order valence-corrected chi connectivity index (χ4v) is 11.0. The number of unbranched alkanes of at least 4 members (excludes halogenated alkanes) is 57. The molecule has 0 aliphatic carbocycles. The molecule has 0 aromatic rings. The number of nitrogens with one attached hydrogen (secondary N) is 2. The smallest absolute Gasteiger partial charge is 0.407 e. The van der Waals surface area contributed by atoms with E-state index in [9.17, 15) is 9.59 Å². The van der Waals surface area contributed by atoms with E-state index in [-0.39, 0.29) is 12.2 Å². The number of carbonyl (C=O) groups excluding carboxylic acids is 2. The second-order valence-corrected chi connectivity index (χ2v) is 23.6. The summed E-state index contributed by atoms with van der Waals surface area (Å²) in [6.07, 6.45) is 81.8. The SMILES string of the molecule is CCCCCCCCCCCCCCCCCCCCCCCCCCCCCCOC(=O)NCCCCCCNC(=O)OCCCCCCCCCCCCCCCCCCCCCCCCCCCCCC. The maximum Gasteiger partial charge on any atom is 0.407 e. The van der Waals surface area contributed by atoms with Crippen LogP contribution in [0.5, 0.6) is 0 Å². The summed E-state index contributed by atoms with van der Waals surface area (Å²) >= 11 is 0. The lowest BCUT2D eigenvalue weighted by atomic mass is 10.0. The Labute approximate surface area is 465 Å². The average Bonchev–Trinajstić information content (AvgIpc) is 3.40. The molecular weight excluding hydrogens is 909 g/mol. The minimum atomic E-state index is -0.286. The Bertz CT molecular complexity index is 959. The van der Waals surface area contributed by atoms with E-state index in [2.05, 4.69) is 24.5 Å². The summed E-state index contributed by atoms with van der Waals surface area (Å²) in [5.41, 5.74) is 0. The maximum absolute atomic E-state index is 12.0. The number of carbonyl (C=O) groups is 2.